The third kappa shape index (κ3) is 4.52. The molecule has 26 heavy (non-hydrogen) atoms. The fourth-order valence-corrected chi connectivity index (χ4v) is 5.44. The Balaban J connectivity index is 1.58. The van der Waals surface area contributed by atoms with Crippen LogP contribution in [0.5, 0.6) is 0 Å². The van der Waals surface area contributed by atoms with E-state index in [9.17, 15) is 13.2 Å². The van der Waals surface area contributed by atoms with Crippen LogP contribution in [0.3, 0.4) is 0 Å². The number of thiophene rings is 1. The van der Waals surface area contributed by atoms with Gasteiger partial charge in [-0.2, -0.15) is 0 Å². The number of rotatable bonds is 6. The van der Waals surface area contributed by atoms with Crippen molar-refractivity contribution in [3.8, 4) is 0 Å². The lowest BCUT2D eigenvalue weighted by molar-refractivity contribution is 0.0951. The Kier molecular flexibility index (Phi) is 6.11. The van der Waals surface area contributed by atoms with Gasteiger partial charge in [0.05, 0.1) is 6.54 Å². The molecule has 2 N–H and O–H groups in total. The standard InChI is InChI=1S/C19H24N2O3S2/c1-20-26(23,24)18-12-11-17(25-18)13-21-19(22)16-9-7-15(8-10-16)14-5-3-2-4-6-14/h7-12,14,20H,2-6,13H2,1H3,(H,21,22). The molecule has 0 radical (unpaired) electrons. The van der Waals surface area contributed by atoms with E-state index in [1.807, 2.05) is 12.1 Å². The highest BCUT2D eigenvalue weighted by molar-refractivity contribution is 7.91. The van der Waals surface area contributed by atoms with Crippen molar-refractivity contribution in [1.82, 2.24) is 10.0 Å². The van der Waals surface area contributed by atoms with Crippen molar-refractivity contribution < 1.29 is 13.2 Å². The normalized spacial score (nSPS) is 15.7. The lowest BCUT2D eigenvalue weighted by atomic mass is 9.84. The topological polar surface area (TPSA) is 75.3 Å². The molecule has 7 heteroatoms. The molecular weight excluding hydrogens is 368 g/mol. The van der Waals surface area contributed by atoms with E-state index in [-0.39, 0.29) is 10.1 Å². The van der Waals surface area contributed by atoms with Crippen molar-refractivity contribution in [2.45, 2.75) is 48.8 Å². The smallest absolute Gasteiger partial charge is 0.251 e. The van der Waals surface area contributed by atoms with E-state index in [2.05, 4.69) is 22.2 Å². The van der Waals surface area contributed by atoms with Gasteiger partial charge in [-0.25, -0.2) is 13.1 Å². The quantitative estimate of drug-likeness (QED) is 0.788. The number of amides is 1. The summed E-state index contributed by atoms with van der Waals surface area (Å²) >= 11 is 1.16. The lowest BCUT2D eigenvalue weighted by Gasteiger charge is -2.22. The number of benzene rings is 1. The van der Waals surface area contributed by atoms with Crippen molar-refractivity contribution in [3.63, 3.8) is 0 Å². The van der Waals surface area contributed by atoms with Gasteiger partial charge in [0.25, 0.3) is 5.91 Å². The van der Waals surface area contributed by atoms with Gasteiger partial charge < -0.3 is 5.32 Å². The number of carbonyl (C=O) groups is 1. The van der Waals surface area contributed by atoms with E-state index in [0.29, 0.717) is 18.0 Å². The SMILES string of the molecule is CNS(=O)(=O)c1ccc(CNC(=O)c2ccc(C3CCCCC3)cc2)s1. The minimum Gasteiger partial charge on any atom is -0.347 e. The molecule has 0 bridgehead atoms. The van der Waals surface area contributed by atoms with Crippen LogP contribution in [-0.4, -0.2) is 21.4 Å². The first kappa shape index (κ1) is 19.1. The molecule has 1 aliphatic rings. The zero-order valence-electron chi connectivity index (χ0n) is 14.8. The fourth-order valence-electron chi connectivity index (χ4n) is 3.31. The molecule has 1 heterocycles. The minimum atomic E-state index is -3.43. The zero-order chi connectivity index (χ0) is 18.6. The van der Waals surface area contributed by atoms with Gasteiger partial charge in [0, 0.05) is 10.4 Å². The summed E-state index contributed by atoms with van der Waals surface area (Å²) in [6.45, 7) is 0.313. The molecule has 1 amide bonds. The van der Waals surface area contributed by atoms with Gasteiger partial charge in [-0.1, -0.05) is 31.4 Å². The molecule has 1 aromatic carbocycles. The van der Waals surface area contributed by atoms with Crippen LogP contribution in [0.4, 0.5) is 0 Å². The zero-order valence-corrected chi connectivity index (χ0v) is 16.5. The number of hydrogen-bond acceptors (Lipinski definition) is 4. The molecule has 2 aromatic rings. The van der Waals surface area contributed by atoms with Crippen molar-refractivity contribution in [2.24, 2.45) is 0 Å². The van der Waals surface area contributed by atoms with Crippen molar-refractivity contribution in [3.05, 3.63) is 52.4 Å². The molecule has 0 saturated heterocycles. The van der Waals surface area contributed by atoms with Crippen LogP contribution in [0.25, 0.3) is 0 Å². The predicted molar refractivity (Wildman–Crippen MR) is 104 cm³/mol. The minimum absolute atomic E-state index is 0.147. The molecule has 5 nitrogen and oxygen atoms in total. The first-order valence-electron chi connectivity index (χ1n) is 8.90. The van der Waals surface area contributed by atoms with Crippen LogP contribution in [0.15, 0.2) is 40.6 Å². The Morgan fingerprint density at radius 3 is 2.42 bits per heavy atom. The summed E-state index contributed by atoms with van der Waals surface area (Å²) in [5.74, 6) is 0.478. The molecular formula is C19H24N2O3S2. The molecule has 0 atom stereocenters. The summed E-state index contributed by atoms with van der Waals surface area (Å²) in [6.07, 6.45) is 6.39. The van der Waals surface area contributed by atoms with E-state index >= 15 is 0 Å². The van der Waals surface area contributed by atoms with Crippen LogP contribution in [0.1, 0.15) is 58.8 Å². The van der Waals surface area contributed by atoms with Gasteiger partial charge in [-0.3, -0.25) is 4.79 Å². The maximum Gasteiger partial charge on any atom is 0.251 e. The maximum absolute atomic E-state index is 12.3. The lowest BCUT2D eigenvalue weighted by Crippen LogP contribution is -2.22. The molecule has 3 rings (SSSR count). The number of carbonyl (C=O) groups excluding carboxylic acids is 1. The fraction of sp³-hybridized carbons (Fsp3) is 0.421. The van der Waals surface area contributed by atoms with Crippen LogP contribution in [0.2, 0.25) is 0 Å². The Morgan fingerprint density at radius 1 is 1.08 bits per heavy atom. The largest absolute Gasteiger partial charge is 0.347 e. The van der Waals surface area contributed by atoms with Crippen LogP contribution in [-0.2, 0) is 16.6 Å². The Hall–Kier alpha value is -1.70. The summed E-state index contributed by atoms with van der Waals surface area (Å²) in [7, 11) is -2.05. The van der Waals surface area contributed by atoms with Gasteiger partial charge in [-0.05, 0) is 55.6 Å². The summed E-state index contributed by atoms with van der Waals surface area (Å²) in [6, 6.07) is 11.2. The predicted octanol–water partition coefficient (Wildman–Crippen LogP) is 3.63. The van der Waals surface area contributed by atoms with Crippen LogP contribution >= 0.6 is 11.3 Å². The molecule has 1 aliphatic carbocycles. The first-order valence-corrected chi connectivity index (χ1v) is 11.2. The maximum atomic E-state index is 12.3. The Bertz CT molecular complexity index is 851. The van der Waals surface area contributed by atoms with Crippen molar-refractivity contribution >= 4 is 27.3 Å². The van der Waals surface area contributed by atoms with Gasteiger partial charge in [0.15, 0.2) is 0 Å². The van der Waals surface area contributed by atoms with Crippen molar-refractivity contribution in [1.29, 1.82) is 0 Å². The van der Waals surface area contributed by atoms with Crippen LogP contribution < -0.4 is 10.0 Å². The Morgan fingerprint density at radius 2 is 1.77 bits per heavy atom. The number of sulfonamides is 1. The van der Waals surface area contributed by atoms with E-state index in [0.717, 1.165) is 16.2 Å². The molecule has 0 aliphatic heterocycles. The monoisotopic (exact) mass is 392 g/mol. The first-order chi connectivity index (χ1) is 12.5. The number of hydrogen-bond donors (Lipinski definition) is 2. The van der Waals surface area contributed by atoms with Gasteiger partial charge in [0.1, 0.15) is 4.21 Å². The average molecular weight is 393 g/mol. The second-order valence-electron chi connectivity index (χ2n) is 6.57. The van der Waals surface area contributed by atoms with Gasteiger partial charge >= 0.3 is 0 Å². The molecule has 140 valence electrons. The second-order valence-corrected chi connectivity index (χ2v) is 9.85. The second kappa shape index (κ2) is 8.33. The highest BCUT2D eigenvalue weighted by atomic mass is 32.2. The Labute approximate surface area is 158 Å². The summed E-state index contributed by atoms with van der Waals surface area (Å²) < 4.78 is 26.0. The molecule has 1 aromatic heterocycles. The van der Waals surface area contributed by atoms with E-state index in [1.54, 1.807) is 12.1 Å². The molecule has 1 saturated carbocycles. The van der Waals surface area contributed by atoms with Crippen LogP contribution in [0, 0.1) is 0 Å². The summed E-state index contributed by atoms with van der Waals surface area (Å²) in [4.78, 5) is 13.1. The molecule has 1 fully saturated rings. The van der Waals surface area contributed by atoms with Gasteiger partial charge in [0.2, 0.25) is 10.0 Å². The van der Waals surface area contributed by atoms with Gasteiger partial charge in [-0.15, -0.1) is 11.3 Å². The third-order valence-corrected chi connectivity index (χ3v) is 7.83. The van der Waals surface area contributed by atoms with E-state index < -0.39 is 10.0 Å². The summed E-state index contributed by atoms with van der Waals surface area (Å²) in [5, 5.41) is 2.85. The van der Waals surface area contributed by atoms with Crippen molar-refractivity contribution in [2.75, 3.05) is 7.05 Å². The summed E-state index contributed by atoms with van der Waals surface area (Å²) in [5.41, 5.74) is 1.95. The average Bonchev–Trinajstić information content (AvgIpc) is 3.17. The number of nitrogens with one attached hydrogen (secondary N) is 2. The van der Waals surface area contributed by atoms with E-state index in [1.165, 1.54) is 44.7 Å². The third-order valence-electron chi connectivity index (χ3n) is 4.84. The molecule has 0 spiro atoms. The highest BCUT2D eigenvalue weighted by Gasteiger charge is 2.17. The van der Waals surface area contributed by atoms with E-state index in [4.69, 9.17) is 0 Å². The highest BCUT2D eigenvalue weighted by Crippen LogP contribution is 2.32. The molecule has 0 unspecified atom stereocenters.